The van der Waals surface area contributed by atoms with E-state index in [1.807, 2.05) is 0 Å². The second kappa shape index (κ2) is 6.28. The molecule has 0 spiro atoms. The molecule has 0 aliphatic carbocycles. The number of piperidine rings is 1. The summed E-state index contributed by atoms with van der Waals surface area (Å²) in [6.07, 6.45) is -0.964. The van der Waals surface area contributed by atoms with Crippen LogP contribution in [0, 0.1) is 5.92 Å². The van der Waals surface area contributed by atoms with Gasteiger partial charge in [0.25, 0.3) is 0 Å². The van der Waals surface area contributed by atoms with Gasteiger partial charge in [-0.1, -0.05) is 0 Å². The van der Waals surface area contributed by atoms with Gasteiger partial charge in [-0.15, -0.1) is 0 Å². The van der Waals surface area contributed by atoms with Crippen LogP contribution in [0.2, 0.25) is 0 Å². The number of rotatable bonds is 4. The summed E-state index contributed by atoms with van der Waals surface area (Å²) < 4.78 is 42.6. The Morgan fingerprint density at radius 1 is 1.21 bits per heavy atom. The van der Waals surface area contributed by atoms with Crippen LogP contribution in [0.4, 0.5) is 13.2 Å². The van der Waals surface area contributed by atoms with E-state index < -0.39 is 11.7 Å². The average Bonchev–Trinajstić information content (AvgIpc) is 2.39. The second-order valence-electron chi connectivity index (χ2n) is 4.87. The van der Waals surface area contributed by atoms with Gasteiger partial charge in [0.1, 0.15) is 5.75 Å². The highest BCUT2D eigenvalue weighted by molar-refractivity contribution is 5.28. The van der Waals surface area contributed by atoms with Crippen LogP contribution in [-0.2, 0) is 6.18 Å². The minimum Gasteiger partial charge on any atom is -0.494 e. The van der Waals surface area contributed by atoms with Crippen LogP contribution in [0.3, 0.4) is 0 Å². The van der Waals surface area contributed by atoms with Crippen LogP contribution in [-0.4, -0.2) is 19.7 Å². The van der Waals surface area contributed by atoms with Gasteiger partial charge in [-0.05, 0) is 62.5 Å². The zero-order chi connectivity index (χ0) is 13.7. The fraction of sp³-hybridized carbons (Fsp3) is 0.571. The second-order valence-corrected chi connectivity index (χ2v) is 4.87. The lowest BCUT2D eigenvalue weighted by Gasteiger charge is -2.22. The molecule has 2 nitrogen and oxygen atoms in total. The lowest BCUT2D eigenvalue weighted by molar-refractivity contribution is -0.137. The highest BCUT2D eigenvalue weighted by atomic mass is 19.4. The van der Waals surface area contributed by atoms with Crippen LogP contribution in [0.25, 0.3) is 0 Å². The summed E-state index contributed by atoms with van der Waals surface area (Å²) in [5, 5.41) is 3.33. The topological polar surface area (TPSA) is 21.3 Å². The molecular weight excluding hydrogens is 255 g/mol. The van der Waals surface area contributed by atoms with Gasteiger partial charge in [-0.2, -0.15) is 13.2 Å². The molecule has 5 heteroatoms. The van der Waals surface area contributed by atoms with Gasteiger partial charge in [0.2, 0.25) is 0 Å². The van der Waals surface area contributed by atoms with Crippen molar-refractivity contribution in [1.82, 2.24) is 5.32 Å². The third-order valence-corrected chi connectivity index (χ3v) is 3.38. The Labute approximate surface area is 111 Å². The largest absolute Gasteiger partial charge is 0.494 e. The molecule has 0 amide bonds. The van der Waals surface area contributed by atoms with Crippen molar-refractivity contribution < 1.29 is 17.9 Å². The minimum atomic E-state index is -4.29. The Morgan fingerprint density at radius 2 is 1.95 bits per heavy atom. The Hall–Kier alpha value is -1.23. The molecule has 0 radical (unpaired) electrons. The molecule has 2 rings (SSSR count). The predicted octanol–water partition coefficient (Wildman–Crippen LogP) is 3.47. The molecule has 0 saturated carbocycles. The van der Waals surface area contributed by atoms with E-state index in [-0.39, 0.29) is 0 Å². The van der Waals surface area contributed by atoms with Gasteiger partial charge < -0.3 is 10.1 Å². The van der Waals surface area contributed by atoms with Gasteiger partial charge in [0.15, 0.2) is 0 Å². The van der Waals surface area contributed by atoms with Crippen molar-refractivity contribution >= 4 is 0 Å². The van der Waals surface area contributed by atoms with Crippen molar-refractivity contribution in [3.8, 4) is 5.75 Å². The lowest BCUT2D eigenvalue weighted by Crippen LogP contribution is -2.30. The molecule has 1 aliphatic rings. The Balaban J connectivity index is 1.76. The molecule has 106 valence electrons. The Morgan fingerprint density at radius 3 is 2.53 bits per heavy atom. The average molecular weight is 273 g/mol. The molecule has 1 heterocycles. The first-order valence-electron chi connectivity index (χ1n) is 6.56. The maximum absolute atomic E-state index is 12.4. The molecule has 1 aromatic carbocycles. The number of hydrogen-bond acceptors (Lipinski definition) is 2. The standard InChI is InChI=1S/C14H18F3NO/c15-14(16,17)12-3-5-13(6-4-12)19-9-7-11-2-1-8-18-10-11/h3-6,11,18H,1-2,7-10H2/t11-/m0/s1. The van der Waals surface area contributed by atoms with Crippen molar-refractivity contribution in [1.29, 1.82) is 0 Å². The molecule has 1 fully saturated rings. The van der Waals surface area contributed by atoms with Gasteiger partial charge in [-0.3, -0.25) is 0 Å². The first kappa shape index (κ1) is 14.2. The van der Waals surface area contributed by atoms with E-state index in [1.165, 1.54) is 25.0 Å². The quantitative estimate of drug-likeness (QED) is 0.907. The van der Waals surface area contributed by atoms with Crippen LogP contribution < -0.4 is 10.1 Å². The summed E-state index contributed by atoms with van der Waals surface area (Å²) in [6, 6.07) is 4.86. The van der Waals surface area contributed by atoms with Crippen molar-refractivity contribution in [3.05, 3.63) is 29.8 Å². The molecule has 1 atom stereocenters. The van der Waals surface area contributed by atoms with Crippen molar-refractivity contribution in [2.75, 3.05) is 19.7 Å². The van der Waals surface area contributed by atoms with E-state index >= 15 is 0 Å². The molecule has 1 N–H and O–H groups in total. The minimum absolute atomic E-state index is 0.497. The first-order valence-corrected chi connectivity index (χ1v) is 6.56. The SMILES string of the molecule is FC(F)(F)c1ccc(OCC[C@@H]2CCCNC2)cc1. The number of ether oxygens (including phenoxy) is 1. The van der Waals surface area contributed by atoms with E-state index in [2.05, 4.69) is 5.32 Å². The Kier molecular flexibility index (Phi) is 4.69. The molecule has 1 saturated heterocycles. The van der Waals surface area contributed by atoms with Crippen LogP contribution in [0.5, 0.6) is 5.75 Å². The summed E-state index contributed by atoms with van der Waals surface area (Å²) in [4.78, 5) is 0. The highest BCUT2D eigenvalue weighted by Gasteiger charge is 2.30. The predicted molar refractivity (Wildman–Crippen MR) is 67.1 cm³/mol. The Bertz CT molecular complexity index is 383. The number of halogens is 3. The lowest BCUT2D eigenvalue weighted by atomic mass is 9.97. The summed E-state index contributed by atoms with van der Waals surface area (Å²) in [6.45, 7) is 2.64. The maximum atomic E-state index is 12.4. The zero-order valence-electron chi connectivity index (χ0n) is 10.7. The molecule has 1 aromatic rings. The summed E-state index contributed by atoms with van der Waals surface area (Å²) in [5.74, 6) is 1.11. The summed E-state index contributed by atoms with van der Waals surface area (Å²) >= 11 is 0. The van der Waals surface area contributed by atoms with Crippen molar-refractivity contribution in [2.24, 2.45) is 5.92 Å². The smallest absolute Gasteiger partial charge is 0.416 e. The van der Waals surface area contributed by atoms with Gasteiger partial charge >= 0.3 is 6.18 Å². The van der Waals surface area contributed by atoms with Gasteiger partial charge in [0.05, 0.1) is 12.2 Å². The number of alkyl halides is 3. The number of benzene rings is 1. The molecular formula is C14H18F3NO. The summed E-state index contributed by atoms with van der Waals surface area (Å²) in [7, 11) is 0. The molecule has 0 unspecified atom stereocenters. The molecule has 1 aliphatic heterocycles. The van der Waals surface area contributed by atoms with E-state index in [1.54, 1.807) is 0 Å². The summed E-state index contributed by atoms with van der Waals surface area (Å²) in [5.41, 5.74) is -0.642. The number of hydrogen-bond donors (Lipinski definition) is 1. The van der Waals surface area contributed by atoms with Crippen LogP contribution >= 0.6 is 0 Å². The van der Waals surface area contributed by atoms with E-state index in [0.717, 1.165) is 31.6 Å². The fourth-order valence-corrected chi connectivity index (χ4v) is 2.25. The third kappa shape index (κ3) is 4.42. The maximum Gasteiger partial charge on any atom is 0.416 e. The van der Waals surface area contributed by atoms with Crippen LogP contribution in [0.15, 0.2) is 24.3 Å². The number of nitrogens with one attached hydrogen (secondary N) is 1. The van der Waals surface area contributed by atoms with E-state index in [4.69, 9.17) is 4.74 Å². The first-order chi connectivity index (χ1) is 9.05. The molecule has 19 heavy (non-hydrogen) atoms. The fourth-order valence-electron chi connectivity index (χ4n) is 2.25. The highest BCUT2D eigenvalue weighted by Crippen LogP contribution is 2.30. The van der Waals surface area contributed by atoms with Crippen molar-refractivity contribution in [2.45, 2.75) is 25.4 Å². The van der Waals surface area contributed by atoms with Crippen molar-refractivity contribution in [3.63, 3.8) is 0 Å². The normalized spacial score (nSPS) is 20.3. The monoisotopic (exact) mass is 273 g/mol. The van der Waals surface area contributed by atoms with E-state index in [9.17, 15) is 13.2 Å². The van der Waals surface area contributed by atoms with Crippen LogP contribution in [0.1, 0.15) is 24.8 Å². The third-order valence-electron chi connectivity index (χ3n) is 3.38. The molecule has 0 aromatic heterocycles. The molecule has 0 bridgehead atoms. The van der Waals surface area contributed by atoms with Gasteiger partial charge in [0, 0.05) is 0 Å². The zero-order valence-corrected chi connectivity index (χ0v) is 10.7. The van der Waals surface area contributed by atoms with Gasteiger partial charge in [-0.25, -0.2) is 0 Å². The van der Waals surface area contributed by atoms with E-state index in [0.29, 0.717) is 18.3 Å².